The van der Waals surface area contributed by atoms with E-state index in [4.69, 9.17) is 28.3 Å². The van der Waals surface area contributed by atoms with Gasteiger partial charge in [-0.15, -0.1) is 0 Å². The number of carboxylic acids is 1. The number of halogens is 2. The number of benzene rings is 1. The number of aromatic nitrogens is 1. The largest absolute Gasteiger partial charge is 0.481 e. The molecular formula is C21H23Cl2N3O3. The number of anilines is 1. The maximum Gasteiger partial charge on any atom is 0.304 e. The topological polar surface area (TPSA) is 82.5 Å². The number of pyridine rings is 1. The highest BCUT2D eigenvalue weighted by Crippen LogP contribution is 2.37. The average molecular weight is 436 g/mol. The van der Waals surface area contributed by atoms with Crippen molar-refractivity contribution in [3.05, 3.63) is 58.3 Å². The van der Waals surface area contributed by atoms with Crippen LogP contribution in [0.5, 0.6) is 0 Å². The molecule has 0 spiro atoms. The van der Waals surface area contributed by atoms with Crippen molar-refractivity contribution in [2.45, 2.75) is 31.7 Å². The quantitative estimate of drug-likeness (QED) is 0.716. The zero-order valence-electron chi connectivity index (χ0n) is 16.0. The zero-order chi connectivity index (χ0) is 21.0. The van der Waals surface area contributed by atoms with Crippen LogP contribution in [0.25, 0.3) is 0 Å². The predicted octanol–water partition coefficient (Wildman–Crippen LogP) is 3.98. The summed E-state index contributed by atoms with van der Waals surface area (Å²) in [5.74, 6) is -1.97. The van der Waals surface area contributed by atoms with Crippen LogP contribution in [0.3, 0.4) is 0 Å². The number of hydrogen-bond donors (Lipinski definition) is 2. The summed E-state index contributed by atoms with van der Waals surface area (Å²) in [6.07, 6.45) is 4.02. The fourth-order valence-electron chi connectivity index (χ4n) is 3.70. The summed E-state index contributed by atoms with van der Waals surface area (Å²) in [5.41, 5.74) is 1.86. The molecule has 3 rings (SSSR count). The van der Waals surface area contributed by atoms with E-state index < -0.39 is 11.9 Å². The van der Waals surface area contributed by atoms with Crippen LogP contribution < -0.4 is 10.2 Å². The van der Waals surface area contributed by atoms with Crippen LogP contribution in [0.2, 0.25) is 10.0 Å². The molecule has 2 aromatic rings. The van der Waals surface area contributed by atoms with E-state index in [0.29, 0.717) is 23.0 Å². The summed E-state index contributed by atoms with van der Waals surface area (Å²) in [7, 11) is 0. The molecule has 3 unspecified atom stereocenters. The van der Waals surface area contributed by atoms with Crippen LogP contribution in [0.4, 0.5) is 5.69 Å². The molecule has 1 aromatic carbocycles. The van der Waals surface area contributed by atoms with Crippen LogP contribution in [0, 0.1) is 5.92 Å². The van der Waals surface area contributed by atoms with Gasteiger partial charge in [-0.2, -0.15) is 0 Å². The number of piperidine rings is 1. The van der Waals surface area contributed by atoms with Crippen molar-refractivity contribution < 1.29 is 14.7 Å². The fraction of sp³-hybridized carbons (Fsp3) is 0.381. The molecule has 0 saturated carbocycles. The number of carboxylic acid groups (broad SMARTS) is 1. The van der Waals surface area contributed by atoms with Crippen LogP contribution in [-0.4, -0.2) is 41.1 Å². The second kappa shape index (κ2) is 9.46. The van der Waals surface area contributed by atoms with E-state index in [9.17, 15) is 9.59 Å². The van der Waals surface area contributed by atoms with Crippen molar-refractivity contribution in [3.63, 3.8) is 0 Å². The Kier molecular flexibility index (Phi) is 6.98. The molecule has 1 amide bonds. The Hall–Kier alpha value is -2.31. The highest BCUT2D eigenvalue weighted by Gasteiger charge is 2.34. The Morgan fingerprint density at radius 3 is 2.79 bits per heavy atom. The molecule has 1 aliphatic rings. The Morgan fingerprint density at radius 1 is 1.31 bits per heavy atom. The summed E-state index contributed by atoms with van der Waals surface area (Å²) in [6, 6.07) is 9.21. The van der Waals surface area contributed by atoms with Gasteiger partial charge < -0.3 is 15.3 Å². The number of hydrogen-bond acceptors (Lipinski definition) is 4. The Bertz CT molecular complexity index is 879. The maximum atomic E-state index is 12.6. The molecule has 29 heavy (non-hydrogen) atoms. The van der Waals surface area contributed by atoms with Gasteiger partial charge in [-0.05, 0) is 30.2 Å². The van der Waals surface area contributed by atoms with E-state index in [1.165, 1.54) is 0 Å². The predicted molar refractivity (Wildman–Crippen MR) is 114 cm³/mol. The summed E-state index contributed by atoms with van der Waals surface area (Å²) >= 11 is 12.7. The minimum atomic E-state index is -0.992. The van der Waals surface area contributed by atoms with Gasteiger partial charge in [0.15, 0.2) is 0 Å². The second-order valence-corrected chi connectivity index (χ2v) is 8.09. The number of rotatable bonds is 6. The minimum absolute atomic E-state index is 0.101. The summed E-state index contributed by atoms with van der Waals surface area (Å²) < 4.78 is 0. The van der Waals surface area contributed by atoms with Crippen molar-refractivity contribution in [3.8, 4) is 0 Å². The van der Waals surface area contributed by atoms with Gasteiger partial charge in [0.05, 0.1) is 28.4 Å². The van der Waals surface area contributed by atoms with Crippen molar-refractivity contribution >= 4 is 40.8 Å². The highest BCUT2D eigenvalue weighted by molar-refractivity contribution is 6.42. The second-order valence-electron chi connectivity index (χ2n) is 7.31. The molecule has 3 atom stereocenters. The third-order valence-corrected chi connectivity index (χ3v) is 6.09. The Balaban J connectivity index is 1.86. The van der Waals surface area contributed by atoms with Crippen molar-refractivity contribution in [1.29, 1.82) is 0 Å². The third-order valence-electron chi connectivity index (χ3n) is 5.26. The lowest BCUT2D eigenvalue weighted by atomic mass is 9.85. The monoisotopic (exact) mass is 435 g/mol. The first-order valence-electron chi connectivity index (χ1n) is 9.48. The van der Waals surface area contributed by atoms with E-state index in [-0.39, 0.29) is 24.3 Å². The molecule has 1 fully saturated rings. The lowest BCUT2D eigenvalue weighted by Crippen LogP contribution is -2.51. The van der Waals surface area contributed by atoms with Gasteiger partial charge in [0.25, 0.3) is 0 Å². The third kappa shape index (κ3) is 5.19. The summed E-state index contributed by atoms with van der Waals surface area (Å²) in [5, 5.41) is 13.0. The molecule has 1 aliphatic heterocycles. The molecule has 0 aliphatic carbocycles. The van der Waals surface area contributed by atoms with Crippen LogP contribution in [0.15, 0.2) is 42.7 Å². The number of nitrogens with one attached hydrogen (secondary N) is 1. The molecular weight excluding hydrogens is 413 g/mol. The van der Waals surface area contributed by atoms with Gasteiger partial charge in [0, 0.05) is 37.2 Å². The molecule has 0 radical (unpaired) electrons. The summed E-state index contributed by atoms with van der Waals surface area (Å²) in [4.78, 5) is 29.9. The molecule has 1 aromatic heterocycles. The standard InChI is InChI=1S/C21H23Cl2N3O3/c1-13(10-19(27)28)21(29)25-18-7-9-26(14-4-3-8-24-11-14)12-16(18)15-5-2-6-17(22)20(15)23/h2-6,8,11,13,16,18H,7,9-10,12H2,1H3,(H,25,29)(H,27,28). The fourth-order valence-corrected chi connectivity index (χ4v) is 4.15. The lowest BCUT2D eigenvalue weighted by molar-refractivity contribution is -0.141. The van der Waals surface area contributed by atoms with E-state index in [0.717, 1.165) is 17.8 Å². The molecule has 6 nitrogen and oxygen atoms in total. The molecule has 2 N–H and O–H groups in total. The van der Waals surface area contributed by atoms with Gasteiger partial charge in [-0.3, -0.25) is 14.6 Å². The zero-order valence-corrected chi connectivity index (χ0v) is 17.5. The van der Waals surface area contributed by atoms with Crippen molar-refractivity contribution in [1.82, 2.24) is 10.3 Å². The van der Waals surface area contributed by atoms with Crippen molar-refractivity contribution in [2.24, 2.45) is 5.92 Å². The van der Waals surface area contributed by atoms with Crippen LogP contribution in [0.1, 0.15) is 31.2 Å². The first kappa shape index (κ1) is 21.4. The number of carbonyl (C=O) groups is 2. The molecule has 0 bridgehead atoms. The minimum Gasteiger partial charge on any atom is -0.481 e. The Labute approximate surface area is 179 Å². The highest BCUT2D eigenvalue weighted by atomic mass is 35.5. The van der Waals surface area contributed by atoms with Gasteiger partial charge in [-0.25, -0.2) is 0 Å². The number of amides is 1. The lowest BCUT2D eigenvalue weighted by Gasteiger charge is -2.41. The molecule has 8 heteroatoms. The van der Waals surface area contributed by atoms with Gasteiger partial charge in [0.1, 0.15) is 0 Å². The Morgan fingerprint density at radius 2 is 2.10 bits per heavy atom. The number of carbonyl (C=O) groups excluding carboxylic acids is 1. The van der Waals surface area contributed by atoms with Gasteiger partial charge in [0.2, 0.25) is 5.91 Å². The molecule has 2 heterocycles. The van der Waals surface area contributed by atoms with Crippen LogP contribution >= 0.6 is 23.2 Å². The molecule has 1 saturated heterocycles. The normalized spacial score (nSPS) is 20.2. The summed E-state index contributed by atoms with van der Waals surface area (Å²) in [6.45, 7) is 2.98. The van der Waals surface area contributed by atoms with E-state index in [1.54, 1.807) is 19.2 Å². The number of nitrogens with zero attached hydrogens (tertiary/aromatic N) is 2. The van der Waals surface area contributed by atoms with Crippen molar-refractivity contribution in [2.75, 3.05) is 18.0 Å². The molecule has 154 valence electrons. The van der Waals surface area contributed by atoms with Gasteiger partial charge >= 0.3 is 5.97 Å². The van der Waals surface area contributed by atoms with Gasteiger partial charge in [-0.1, -0.05) is 42.3 Å². The smallest absolute Gasteiger partial charge is 0.304 e. The van der Waals surface area contributed by atoms with Crippen LogP contribution in [-0.2, 0) is 9.59 Å². The average Bonchev–Trinajstić information content (AvgIpc) is 2.70. The SMILES string of the molecule is CC(CC(=O)O)C(=O)NC1CCN(c2cccnc2)CC1c1cccc(Cl)c1Cl. The van der Waals surface area contributed by atoms with E-state index in [2.05, 4.69) is 15.2 Å². The first-order chi connectivity index (χ1) is 13.9. The first-order valence-corrected chi connectivity index (χ1v) is 10.2. The van der Waals surface area contributed by atoms with E-state index in [1.807, 2.05) is 30.5 Å². The maximum absolute atomic E-state index is 12.6. The number of aliphatic carboxylic acids is 1. The van der Waals surface area contributed by atoms with E-state index >= 15 is 0 Å².